The van der Waals surface area contributed by atoms with Crippen LogP contribution in [0.4, 0.5) is 4.39 Å². The molecule has 0 atom stereocenters. The molecule has 34 heavy (non-hydrogen) atoms. The second-order valence-electron chi connectivity index (χ2n) is 7.47. The summed E-state index contributed by atoms with van der Waals surface area (Å²) in [6.45, 7) is 2.58. The number of hydrazone groups is 1. The Morgan fingerprint density at radius 1 is 1.09 bits per heavy atom. The maximum Gasteiger partial charge on any atom is 0.343 e. The van der Waals surface area contributed by atoms with E-state index in [0.717, 1.165) is 0 Å². The maximum absolute atomic E-state index is 13.0. The number of thioether (sulfide) groups is 1. The van der Waals surface area contributed by atoms with Gasteiger partial charge < -0.3 is 14.4 Å². The summed E-state index contributed by atoms with van der Waals surface area (Å²) in [6.07, 6.45) is 1.55. The highest BCUT2D eigenvalue weighted by molar-refractivity contribution is 8.26. The molecular weight excluding hydrogens is 461 g/mol. The van der Waals surface area contributed by atoms with Crippen LogP contribution in [0, 0.1) is 11.2 Å². The molecular formula is C23H18FN5O4S. The number of esters is 1. The van der Waals surface area contributed by atoms with Gasteiger partial charge in [0.25, 0.3) is 5.91 Å². The minimum atomic E-state index is -0.613. The van der Waals surface area contributed by atoms with Crippen molar-refractivity contribution >= 4 is 45.9 Å². The molecule has 172 valence electrons. The number of carbonyl (C=O) groups excluding carboxylic acids is 2. The molecule has 1 N–H and O–H groups in total. The number of ether oxygens (including phenoxy) is 2. The summed E-state index contributed by atoms with van der Waals surface area (Å²) in [5, 5.41) is 15.4. The standard InChI is InChI=1S/C23H18FN5O4S/c24-16-5-3-15(4-6-16)21(31)33-17-7-1-14(2-8-17)13-18-19(25)29-22(26-20(18)30)34-23(27-29)28-9-11-32-12-10-28/h1-8,13,25H,9-12H2/b18-13+,25-19?. The van der Waals surface area contributed by atoms with Crippen LogP contribution in [0.15, 0.2) is 64.2 Å². The molecule has 2 aromatic rings. The van der Waals surface area contributed by atoms with Crippen LogP contribution < -0.4 is 4.74 Å². The molecule has 5 rings (SSSR count). The van der Waals surface area contributed by atoms with E-state index in [1.165, 1.54) is 41.0 Å². The third-order valence-electron chi connectivity index (χ3n) is 5.21. The molecule has 9 nitrogen and oxygen atoms in total. The Morgan fingerprint density at radius 2 is 1.79 bits per heavy atom. The molecule has 0 aliphatic carbocycles. The topological polar surface area (TPSA) is 108 Å². The van der Waals surface area contributed by atoms with E-state index < -0.39 is 17.7 Å². The highest BCUT2D eigenvalue weighted by Crippen LogP contribution is 2.30. The Bertz CT molecular complexity index is 1250. The molecule has 0 saturated carbocycles. The molecule has 2 aromatic carbocycles. The van der Waals surface area contributed by atoms with E-state index in [-0.39, 0.29) is 22.7 Å². The van der Waals surface area contributed by atoms with Gasteiger partial charge >= 0.3 is 5.97 Å². The summed E-state index contributed by atoms with van der Waals surface area (Å²) in [4.78, 5) is 30.9. The van der Waals surface area contributed by atoms with E-state index in [4.69, 9.17) is 14.9 Å². The number of carbonyl (C=O) groups is 2. The first kappa shape index (κ1) is 22.0. The number of morpholine rings is 1. The second kappa shape index (κ2) is 9.20. The summed E-state index contributed by atoms with van der Waals surface area (Å²) in [7, 11) is 0. The quantitative estimate of drug-likeness (QED) is 0.410. The lowest BCUT2D eigenvalue weighted by atomic mass is 10.1. The fourth-order valence-corrected chi connectivity index (χ4v) is 4.36. The van der Waals surface area contributed by atoms with Gasteiger partial charge in [-0.1, -0.05) is 12.1 Å². The zero-order valence-electron chi connectivity index (χ0n) is 17.7. The maximum atomic E-state index is 13.0. The van der Waals surface area contributed by atoms with Gasteiger partial charge in [-0.2, -0.15) is 10.0 Å². The third kappa shape index (κ3) is 4.47. The summed E-state index contributed by atoms with van der Waals surface area (Å²) < 4.78 is 23.7. The van der Waals surface area contributed by atoms with Gasteiger partial charge in [-0.3, -0.25) is 10.2 Å². The molecule has 1 fully saturated rings. The van der Waals surface area contributed by atoms with Gasteiger partial charge in [0.05, 0.1) is 24.4 Å². The number of aliphatic imine (C=N–C) groups is 1. The average molecular weight is 479 g/mol. The number of hydrogen-bond donors (Lipinski definition) is 1. The number of fused-ring (bicyclic) bond motifs is 1. The van der Waals surface area contributed by atoms with E-state index >= 15 is 0 Å². The van der Waals surface area contributed by atoms with Crippen LogP contribution in [0.2, 0.25) is 0 Å². The van der Waals surface area contributed by atoms with Crippen molar-refractivity contribution in [2.75, 3.05) is 26.3 Å². The SMILES string of the molecule is N=C1/C(=C\c2ccc(OC(=O)c3ccc(F)cc3)cc2)C(=O)N=C2SC(N3CCOCC3)=NN12. The van der Waals surface area contributed by atoms with Crippen molar-refractivity contribution < 1.29 is 23.5 Å². The number of amides is 1. The van der Waals surface area contributed by atoms with Gasteiger partial charge in [0.15, 0.2) is 11.0 Å². The van der Waals surface area contributed by atoms with E-state index in [9.17, 15) is 14.0 Å². The fourth-order valence-electron chi connectivity index (χ4n) is 3.42. The molecule has 0 aromatic heterocycles. The van der Waals surface area contributed by atoms with Crippen molar-refractivity contribution in [3.05, 3.63) is 71.0 Å². The number of halogens is 1. The van der Waals surface area contributed by atoms with Crippen molar-refractivity contribution in [1.82, 2.24) is 9.91 Å². The Hall–Kier alpha value is -3.83. The molecule has 1 amide bonds. The monoisotopic (exact) mass is 479 g/mol. The van der Waals surface area contributed by atoms with Gasteiger partial charge in [-0.05, 0) is 59.8 Å². The van der Waals surface area contributed by atoms with E-state index in [0.29, 0.717) is 42.2 Å². The minimum absolute atomic E-state index is 0.0578. The highest BCUT2D eigenvalue weighted by atomic mass is 32.2. The number of amidine groups is 3. The molecule has 3 heterocycles. The van der Waals surface area contributed by atoms with Crippen LogP contribution in [0.5, 0.6) is 5.75 Å². The van der Waals surface area contributed by atoms with Crippen molar-refractivity contribution in [3.8, 4) is 5.75 Å². The van der Waals surface area contributed by atoms with Crippen LogP contribution >= 0.6 is 11.8 Å². The molecule has 1 saturated heterocycles. The molecule has 0 unspecified atom stereocenters. The number of nitrogens with zero attached hydrogens (tertiary/aromatic N) is 4. The van der Waals surface area contributed by atoms with Crippen LogP contribution in [0.3, 0.4) is 0 Å². The van der Waals surface area contributed by atoms with Crippen molar-refractivity contribution in [2.45, 2.75) is 0 Å². The van der Waals surface area contributed by atoms with Gasteiger partial charge in [-0.15, -0.1) is 5.10 Å². The summed E-state index contributed by atoms with van der Waals surface area (Å²) in [5.41, 5.74) is 0.952. The first-order valence-corrected chi connectivity index (χ1v) is 11.2. The lowest BCUT2D eigenvalue weighted by Crippen LogP contribution is -2.39. The number of nitrogens with one attached hydrogen (secondary N) is 1. The second-order valence-corrected chi connectivity index (χ2v) is 8.40. The highest BCUT2D eigenvalue weighted by Gasteiger charge is 2.37. The van der Waals surface area contributed by atoms with E-state index in [1.807, 2.05) is 4.90 Å². The zero-order valence-corrected chi connectivity index (χ0v) is 18.5. The fraction of sp³-hybridized carbons (Fsp3) is 0.174. The Labute approximate surface area is 198 Å². The average Bonchev–Trinajstić information content (AvgIpc) is 3.28. The van der Waals surface area contributed by atoms with Gasteiger partial charge in [0, 0.05) is 13.1 Å². The van der Waals surface area contributed by atoms with Crippen LogP contribution in [0.1, 0.15) is 15.9 Å². The van der Waals surface area contributed by atoms with Gasteiger partial charge in [-0.25, -0.2) is 9.18 Å². The van der Waals surface area contributed by atoms with Gasteiger partial charge in [0.1, 0.15) is 11.6 Å². The first-order chi connectivity index (χ1) is 16.5. The first-order valence-electron chi connectivity index (χ1n) is 10.4. The predicted octanol–water partition coefficient (Wildman–Crippen LogP) is 2.95. The van der Waals surface area contributed by atoms with E-state index in [2.05, 4.69) is 10.1 Å². The van der Waals surface area contributed by atoms with Gasteiger partial charge in [0.2, 0.25) is 5.17 Å². The molecule has 0 spiro atoms. The molecule has 0 radical (unpaired) electrons. The normalized spacial score (nSPS) is 19.1. The zero-order chi connectivity index (χ0) is 23.7. The molecule has 0 bridgehead atoms. The minimum Gasteiger partial charge on any atom is -0.423 e. The largest absolute Gasteiger partial charge is 0.423 e. The van der Waals surface area contributed by atoms with E-state index in [1.54, 1.807) is 30.3 Å². The Kier molecular flexibility index (Phi) is 5.95. The van der Waals surface area contributed by atoms with Crippen molar-refractivity contribution in [3.63, 3.8) is 0 Å². The smallest absolute Gasteiger partial charge is 0.343 e. The predicted molar refractivity (Wildman–Crippen MR) is 125 cm³/mol. The summed E-state index contributed by atoms with van der Waals surface area (Å²) >= 11 is 1.26. The summed E-state index contributed by atoms with van der Waals surface area (Å²) in [6, 6.07) is 11.5. The van der Waals surface area contributed by atoms with Crippen molar-refractivity contribution in [2.24, 2.45) is 10.1 Å². The van der Waals surface area contributed by atoms with Crippen LogP contribution in [-0.4, -0.2) is 64.3 Å². The number of rotatable bonds is 3. The molecule has 11 heteroatoms. The van der Waals surface area contributed by atoms with Crippen molar-refractivity contribution in [1.29, 1.82) is 5.41 Å². The van der Waals surface area contributed by atoms with Crippen LogP contribution in [-0.2, 0) is 9.53 Å². The number of benzene rings is 2. The third-order valence-corrected chi connectivity index (χ3v) is 6.18. The Balaban J connectivity index is 1.30. The Morgan fingerprint density at radius 3 is 2.50 bits per heavy atom. The summed E-state index contributed by atoms with van der Waals surface area (Å²) in [5.74, 6) is -1.34. The lowest BCUT2D eigenvalue weighted by molar-refractivity contribution is -0.114. The lowest BCUT2D eigenvalue weighted by Gasteiger charge is -2.26. The molecule has 3 aliphatic rings. The number of hydrogen-bond acceptors (Lipinski definition) is 8. The molecule has 3 aliphatic heterocycles. The van der Waals surface area contributed by atoms with Crippen LogP contribution in [0.25, 0.3) is 6.08 Å².